The normalized spacial score (nSPS) is 18.8. The summed E-state index contributed by atoms with van der Waals surface area (Å²) in [5, 5.41) is 3.92. The SMILES string of the molecule is CC1(C)CCc2c(C(F)(F)F)nn(-c3ccc(C(=O)N4CCCC4)cc3)c21. The van der Waals surface area contributed by atoms with Crippen LogP contribution >= 0.6 is 0 Å². The van der Waals surface area contributed by atoms with Crippen molar-refractivity contribution >= 4 is 5.91 Å². The zero-order valence-corrected chi connectivity index (χ0v) is 15.4. The Labute approximate surface area is 156 Å². The molecule has 1 aliphatic carbocycles. The molecule has 0 radical (unpaired) electrons. The van der Waals surface area contributed by atoms with E-state index in [-0.39, 0.29) is 11.3 Å². The molecule has 27 heavy (non-hydrogen) atoms. The van der Waals surface area contributed by atoms with Gasteiger partial charge in [0.25, 0.3) is 5.91 Å². The van der Waals surface area contributed by atoms with Crippen molar-refractivity contribution in [1.29, 1.82) is 0 Å². The maximum absolute atomic E-state index is 13.4. The van der Waals surface area contributed by atoms with E-state index in [0.717, 1.165) is 25.9 Å². The van der Waals surface area contributed by atoms with Crippen LogP contribution in [-0.4, -0.2) is 33.7 Å². The van der Waals surface area contributed by atoms with Crippen molar-refractivity contribution in [3.63, 3.8) is 0 Å². The summed E-state index contributed by atoms with van der Waals surface area (Å²) >= 11 is 0. The fraction of sp³-hybridized carbons (Fsp3) is 0.500. The first kappa shape index (κ1) is 18.1. The van der Waals surface area contributed by atoms with Crippen LogP contribution in [0.25, 0.3) is 5.69 Å². The van der Waals surface area contributed by atoms with Crippen LogP contribution in [-0.2, 0) is 18.0 Å². The van der Waals surface area contributed by atoms with Crippen molar-refractivity contribution < 1.29 is 18.0 Å². The molecule has 0 unspecified atom stereocenters. The molecule has 0 N–H and O–H groups in total. The second-order valence-electron chi connectivity index (χ2n) is 8.02. The first-order valence-corrected chi connectivity index (χ1v) is 9.28. The van der Waals surface area contributed by atoms with Crippen molar-refractivity contribution in [2.75, 3.05) is 13.1 Å². The summed E-state index contributed by atoms with van der Waals surface area (Å²) in [5.74, 6) is -0.0268. The van der Waals surface area contributed by atoms with Gasteiger partial charge >= 0.3 is 6.18 Å². The maximum Gasteiger partial charge on any atom is 0.435 e. The van der Waals surface area contributed by atoms with E-state index in [4.69, 9.17) is 0 Å². The predicted molar refractivity (Wildman–Crippen MR) is 95.1 cm³/mol. The molecule has 1 aromatic heterocycles. The number of hydrogen-bond acceptors (Lipinski definition) is 2. The third kappa shape index (κ3) is 3.03. The number of nitrogens with zero attached hydrogens (tertiary/aromatic N) is 3. The molecule has 1 aromatic carbocycles. The molecule has 4 nitrogen and oxygen atoms in total. The molecule has 1 aliphatic heterocycles. The first-order chi connectivity index (χ1) is 12.7. The minimum atomic E-state index is -4.47. The Morgan fingerprint density at radius 1 is 1.11 bits per heavy atom. The smallest absolute Gasteiger partial charge is 0.339 e. The highest BCUT2D eigenvalue weighted by molar-refractivity contribution is 5.94. The quantitative estimate of drug-likeness (QED) is 0.780. The molecule has 4 rings (SSSR count). The van der Waals surface area contributed by atoms with Gasteiger partial charge in [-0.3, -0.25) is 4.79 Å². The second-order valence-corrected chi connectivity index (χ2v) is 8.02. The van der Waals surface area contributed by atoms with Gasteiger partial charge < -0.3 is 4.90 Å². The van der Waals surface area contributed by atoms with E-state index in [0.29, 0.717) is 35.3 Å². The fourth-order valence-corrected chi connectivity index (χ4v) is 4.20. The van der Waals surface area contributed by atoms with E-state index in [1.54, 1.807) is 24.3 Å². The number of rotatable bonds is 2. The van der Waals surface area contributed by atoms with Crippen LogP contribution in [0.1, 0.15) is 60.4 Å². The van der Waals surface area contributed by atoms with E-state index in [1.807, 2.05) is 18.7 Å². The van der Waals surface area contributed by atoms with Crippen LogP contribution in [0.5, 0.6) is 0 Å². The van der Waals surface area contributed by atoms with Gasteiger partial charge in [-0.2, -0.15) is 18.3 Å². The average Bonchev–Trinajstić information content (AvgIpc) is 3.32. The molecule has 7 heteroatoms. The van der Waals surface area contributed by atoms with Gasteiger partial charge in [0.15, 0.2) is 5.69 Å². The molecule has 144 valence electrons. The largest absolute Gasteiger partial charge is 0.435 e. The van der Waals surface area contributed by atoms with Crippen molar-refractivity contribution in [2.45, 2.75) is 51.1 Å². The number of likely N-dealkylation sites (tertiary alicyclic amines) is 1. The molecule has 0 saturated carbocycles. The standard InChI is InChI=1S/C20H22F3N3O/c1-19(2)10-9-15-16(20(21,22)23)24-26(17(15)19)14-7-5-13(6-8-14)18(27)25-11-3-4-12-25/h5-8H,3-4,9-12H2,1-2H3. The summed E-state index contributed by atoms with van der Waals surface area (Å²) in [6, 6.07) is 6.73. The third-order valence-corrected chi connectivity index (χ3v) is 5.65. The van der Waals surface area contributed by atoms with Gasteiger partial charge in [-0.25, -0.2) is 4.68 Å². The Bertz CT molecular complexity index is 875. The van der Waals surface area contributed by atoms with Crippen molar-refractivity contribution in [3.05, 3.63) is 46.8 Å². The lowest BCUT2D eigenvalue weighted by atomic mass is 9.90. The molecular weight excluding hydrogens is 355 g/mol. The molecule has 2 aromatic rings. The van der Waals surface area contributed by atoms with Gasteiger partial charge in [0, 0.05) is 29.6 Å². The Morgan fingerprint density at radius 2 is 1.74 bits per heavy atom. The highest BCUT2D eigenvalue weighted by Gasteiger charge is 2.45. The Balaban J connectivity index is 1.73. The monoisotopic (exact) mass is 377 g/mol. The Morgan fingerprint density at radius 3 is 2.33 bits per heavy atom. The lowest BCUT2D eigenvalue weighted by Crippen LogP contribution is -2.27. The molecule has 2 aliphatic rings. The van der Waals surface area contributed by atoms with Crippen molar-refractivity contribution in [3.8, 4) is 5.69 Å². The second kappa shape index (κ2) is 6.11. The average molecular weight is 377 g/mol. The van der Waals surface area contributed by atoms with Gasteiger partial charge in [0.05, 0.1) is 11.4 Å². The highest BCUT2D eigenvalue weighted by atomic mass is 19.4. The lowest BCUT2D eigenvalue weighted by molar-refractivity contribution is -0.141. The van der Waals surface area contributed by atoms with Crippen LogP contribution in [0, 0.1) is 0 Å². The molecule has 0 bridgehead atoms. The van der Waals surface area contributed by atoms with Gasteiger partial charge in [0.2, 0.25) is 0 Å². The number of hydrogen-bond donors (Lipinski definition) is 0. The molecule has 1 amide bonds. The van der Waals surface area contributed by atoms with E-state index >= 15 is 0 Å². The van der Waals surface area contributed by atoms with Crippen LogP contribution < -0.4 is 0 Å². The zero-order valence-electron chi connectivity index (χ0n) is 15.4. The number of carbonyl (C=O) groups excluding carboxylic acids is 1. The summed E-state index contributed by atoms with van der Waals surface area (Å²) in [6.45, 7) is 5.41. The number of carbonyl (C=O) groups is 1. The van der Waals surface area contributed by atoms with E-state index < -0.39 is 11.9 Å². The van der Waals surface area contributed by atoms with E-state index in [1.165, 1.54) is 4.68 Å². The minimum absolute atomic E-state index is 0.0268. The van der Waals surface area contributed by atoms with Gasteiger partial charge in [0.1, 0.15) is 0 Å². The topological polar surface area (TPSA) is 38.1 Å². The van der Waals surface area contributed by atoms with Gasteiger partial charge in [-0.1, -0.05) is 13.8 Å². The predicted octanol–water partition coefficient (Wildman–Crippen LogP) is 4.35. The lowest BCUT2D eigenvalue weighted by Gasteiger charge is -2.21. The van der Waals surface area contributed by atoms with Crippen LogP contribution in [0.15, 0.2) is 24.3 Å². The molecule has 1 fully saturated rings. The van der Waals surface area contributed by atoms with E-state index in [2.05, 4.69) is 5.10 Å². The number of amides is 1. The Hall–Kier alpha value is -2.31. The molecule has 0 spiro atoms. The summed E-state index contributed by atoms with van der Waals surface area (Å²) in [4.78, 5) is 14.3. The number of aromatic nitrogens is 2. The van der Waals surface area contributed by atoms with Gasteiger partial charge in [-0.15, -0.1) is 0 Å². The maximum atomic E-state index is 13.4. The summed E-state index contributed by atoms with van der Waals surface area (Å²) in [7, 11) is 0. The summed E-state index contributed by atoms with van der Waals surface area (Å²) in [6.07, 6.45) is -1.41. The third-order valence-electron chi connectivity index (χ3n) is 5.65. The zero-order chi connectivity index (χ0) is 19.4. The van der Waals surface area contributed by atoms with Crippen molar-refractivity contribution in [2.24, 2.45) is 0 Å². The Kier molecular flexibility index (Phi) is 4.09. The molecule has 0 atom stereocenters. The number of alkyl halides is 3. The summed E-state index contributed by atoms with van der Waals surface area (Å²) in [5.41, 5.74) is 0.850. The van der Waals surface area contributed by atoms with Crippen LogP contribution in [0.3, 0.4) is 0 Å². The van der Waals surface area contributed by atoms with Gasteiger partial charge in [-0.05, 0) is 49.9 Å². The number of fused-ring (bicyclic) bond motifs is 1. The van der Waals surface area contributed by atoms with Crippen molar-refractivity contribution in [1.82, 2.24) is 14.7 Å². The van der Waals surface area contributed by atoms with Crippen LogP contribution in [0.4, 0.5) is 13.2 Å². The highest BCUT2D eigenvalue weighted by Crippen LogP contribution is 2.45. The summed E-state index contributed by atoms with van der Waals surface area (Å²) < 4.78 is 41.7. The molecule has 2 heterocycles. The molecular formula is C20H22F3N3O. The fourth-order valence-electron chi connectivity index (χ4n) is 4.20. The first-order valence-electron chi connectivity index (χ1n) is 9.28. The number of halogens is 3. The van der Waals surface area contributed by atoms with E-state index in [9.17, 15) is 18.0 Å². The number of benzene rings is 1. The minimum Gasteiger partial charge on any atom is -0.339 e. The van der Waals surface area contributed by atoms with Crippen LogP contribution in [0.2, 0.25) is 0 Å². The molecule has 1 saturated heterocycles.